The lowest BCUT2D eigenvalue weighted by molar-refractivity contribution is 0.0709. The largest absolute Gasteiger partial charge is 0.480 e. The Morgan fingerprint density at radius 1 is 0.743 bits per heavy atom. The van der Waals surface area contributed by atoms with Crippen molar-refractivity contribution in [2.24, 2.45) is 0 Å². The number of hydrogen-bond acceptors (Lipinski definition) is 4. The summed E-state index contributed by atoms with van der Waals surface area (Å²) in [5, 5.41) is 22.9. The molecule has 5 rings (SSSR count). The summed E-state index contributed by atoms with van der Waals surface area (Å²) in [5.74, 6) is -0.408. The van der Waals surface area contributed by atoms with Crippen molar-refractivity contribution in [1.82, 2.24) is 0 Å². The smallest absolute Gasteiger partial charge is 0.289 e. The van der Waals surface area contributed by atoms with Crippen molar-refractivity contribution in [3.05, 3.63) is 135 Å². The zero-order valence-electron chi connectivity index (χ0n) is 18.8. The minimum Gasteiger partial charge on any atom is -0.480 e. The first-order valence-electron chi connectivity index (χ1n) is 11.3. The van der Waals surface area contributed by atoms with Crippen LogP contribution >= 0.6 is 15.9 Å². The monoisotopic (exact) mass is 526 g/mol. The first kappa shape index (κ1) is 23.1. The second-order valence-electron chi connectivity index (χ2n) is 8.52. The lowest BCUT2D eigenvalue weighted by Crippen LogP contribution is -2.29. The van der Waals surface area contributed by atoms with Gasteiger partial charge < -0.3 is 14.6 Å². The van der Waals surface area contributed by atoms with Crippen LogP contribution in [0.1, 0.15) is 23.1 Å². The summed E-state index contributed by atoms with van der Waals surface area (Å²) in [6.07, 6.45) is 0.324. The Kier molecular flexibility index (Phi) is 6.29. The van der Waals surface area contributed by atoms with Crippen molar-refractivity contribution < 1.29 is 14.6 Å². The molecule has 0 unspecified atom stereocenters. The number of rotatable bonds is 6. The van der Waals surface area contributed by atoms with Crippen molar-refractivity contribution in [1.29, 1.82) is 0 Å². The highest BCUT2D eigenvalue weighted by Gasteiger charge is 2.32. The number of aliphatic hydroxyl groups is 1. The van der Waals surface area contributed by atoms with Gasteiger partial charge in [-0.1, -0.05) is 94.8 Å². The third kappa shape index (κ3) is 4.53. The number of benzene rings is 4. The van der Waals surface area contributed by atoms with E-state index in [-0.39, 0.29) is 23.8 Å². The molecule has 5 heteroatoms. The van der Waals surface area contributed by atoms with Gasteiger partial charge in [-0.25, -0.2) is 0 Å². The fraction of sp³-hybridized carbons (Fsp3) is 0.100. The Morgan fingerprint density at radius 3 is 2.00 bits per heavy atom. The molecule has 1 aromatic heterocycles. The summed E-state index contributed by atoms with van der Waals surface area (Å²) in [6, 6.07) is 32.0. The Balaban J connectivity index is 1.52. The minimum atomic E-state index is -1.37. The summed E-state index contributed by atoms with van der Waals surface area (Å²) in [6.45, 7) is 0. The molecule has 0 aliphatic heterocycles. The molecule has 0 aliphatic carbocycles. The summed E-state index contributed by atoms with van der Waals surface area (Å²) in [7, 11) is 0. The lowest BCUT2D eigenvalue weighted by Gasteiger charge is -2.30. The van der Waals surface area contributed by atoms with E-state index in [0.717, 1.165) is 15.6 Å². The average Bonchev–Trinajstić information content (AvgIpc) is 2.89. The maximum Gasteiger partial charge on any atom is 0.289 e. The number of fused-ring (bicyclic) bond motifs is 1. The predicted molar refractivity (Wildman–Crippen MR) is 141 cm³/mol. The van der Waals surface area contributed by atoms with E-state index in [1.165, 1.54) is 0 Å². The van der Waals surface area contributed by atoms with E-state index in [2.05, 4.69) is 15.9 Å². The third-order valence-electron chi connectivity index (χ3n) is 6.40. The molecule has 2 N–H and O–H groups in total. The second kappa shape index (κ2) is 9.53. The molecule has 1 heterocycles. The topological polar surface area (TPSA) is 70.7 Å². The van der Waals surface area contributed by atoms with E-state index in [1.54, 1.807) is 24.3 Å². The van der Waals surface area contributed by atoms with Crippen molar-refractivity contribution in [2.45, 2.75) is 18.4 Å². The standard InChI is InChI=1S/C30H23BrO4/c31-24-16-12-21(13-17-24)20-10-14-23(15-11-20)30(34,22-6-2-1-3-7-22)19-18-26-28(32)25-8-4-5-9-27(25)35-29(26)33/h1-17,33-34H,18-19H2/t30-/m0/s1. The summed E-state index contributed by atoms with van der Waals surface area (Å²) < 4.78 is 6.51. The molecule has 0 fully saturated rings. The van der Waals surface area contributed by atoms with Gasteiger partial charge >= 0.3 is 0 Å². The zero-order valence-corrected chi connectivity index (χ0v) is 20.4. The highest BCUT2D eigenvalue weighted by Crippen LogP contribution is 2.36. The van der Waals surface area contributed by atoms with Gasteiger partial charge in [-0.05, 0) is 59.4 Å². The van der Waals surface area contributed by atoms with Crippen LogP contribution < -0.4 is 5.43 Å². The van der Waals surface area contributed by atoms with Gasteiger partial charge in [0.25, 0.3) is 5.95 Å². The third-order valence-corrected chi connectivity index (χ3v) is 6.93. The lowest BCUT2D eigenvalue weighted by atomic mass is 9.81. The van der Waals surface area contributed by atoms with Crippen LogP contribution in [0.25, 0.3) is 22.1 Å². The van der Waals surface area contributed by atoms with Crippen LogP contribution in [0.4, 0.5) is 0 Å². The number of hydrogen-bond donors (Lipinski definition) is 2. The fourth-order valence-corrected chi connectivity index (χ4v) is 4.71. The molecule has 35 heavy (non-hydrogen) atoms. The molecule has 174 valence electrons. The van der Waals surface area contributed by atoms with E-state index in [9.17, 15) is 15.0 Å². The highest BCUT2D eigenvalue weighted by atomic mass is 79.9. The maximum absolute atomic E-state index is 13.1. The van der Waals surface area contributed by atoms with Crippen LogP contribution in [-0.4, -0.2) is 10.2 Å². The van der Waals surface area contributed by atoms with Crippen LogP contribution in [0.5, 0.6) is 5.95 Å². The van der Waals surface area contributed by atoms with E-state index in [1.807, 2.05) is 78.9 Å². The van der Waals surface area contributed by atoms with E-state index < -0.39 is 11.5 Å². The molecule has 0 saturated heterocycles. The maximum atomic E-state index is 13.1. The second-order valence-corrected chi connectivity index (χ2v) is 9.44. The van der Waals surface area contributed by atoms with Crippen LogP contribution in [0.2, 0.25) is 0 Å². The van der Waals surface area contributed by atoms with E-state index in [4.69, 9.17) is 4.42 Å². The molecule has 0 saturated carbocycles. The van der Waals surface area contributed by atoms with Gasteiger partial charge in [0.2, 0.25) is 0 Å². The van der Waals surface area contributed by atoms with Crippen molar-refractivity contribution in [2.75, 3.05) is 0 Å². The van der Waals surface area contributed by atoms with Gasteiger partial charge in [-0.2, -0.15) is 0 Å². The Morgan fingerprint density at radius 2 is 1.31 bits per heavy atom. The molecule has 4 aromatic carbocycles. The molecule has 0 amide bonds. The Bertz CT molecular complexity index is 1520. The minimum absolute atomic E-state index is 0.138. The van der Waals surface area contributed by atoms with Gasteiger partial charge in [0.1, 0.15) is 11.2 Å². The summed E-state index contributed by atoms with van der Waals surface area (Å²) in [4.78, 5) is 13.1. The molecule has 5 aromatic rings. The fourth-order valence-electron chi connectivity index (χ4n) is 4.44. The normalized spacial score (nSPS) is 13.0. The zero-order chi connectivity index (χ0) is 24.4. The van der Waals surface area contributed by atoms with Crippen molar-refractivity contribution in [3.63, 3.8) is 0 Å². The van der Waals surface area contributed by atoms with Crippen LogP contribution in [0.3, 0.4) is 0 Å². The molecule has 1 atom stereocenters. The van der Waals surface area contributed by atoms with Crippen molar-refractivity contribution in [3.8, 4) is 17.1 Å². The Hall–Kier alpha value is -3.67. The van der Waals surface area contributed by atoms with Crippen LogP contribution in [0.15, 0.2) is 117 Å². The first-order chi connectivity index (χ1) is 17.0. The summed E-state index contributed by atoms with van der Waals surface area (Å²) >= 11 is 3.46. The number of aromatic hydroxyl groups is 1. The number of para-hydroxylation sites is 1. The first-order valence-corrected chi connectivity index (χ1v) is 12.1. The summed E-state index contributed by atoms with van der Waals surface area (Å²) in [5.41, 5.74) is 2.35. The van der Waals surface area contributed by atoms with Crippen molar-refractivity contribution >= 4 is 26.9 Å². The van der Waals surface area contributed by atoms with Gasteiger partial charge in [0.05, 0.1) is 10.9 Å². The SMILES string of the molecule is O=c1c(CC[C@](O)(c2ccccc2)c2ccc(-c3ccc(Br)cc3)cc2)c(O)oc2ccccc12. The average molecular weight is 527 g/mol. The van der Waals surface area contributed by atoms with E-state index in [0.29, 0.717) is 22.1 Å². The predicted octanol–water partition coefficient (Wildman–Crippen LogP) is 6.80. The highest BCUT2D eigenvalue weighted by molar-refractivity contribution is 9.10. The van der Waals surface area contributed by atoms with Crippen LogP contribution in [-0.2, 0) is 12.0 Å². The number of halogens is 1. The molecule has 0 aliphatic rings. The van der Waals surface area contributed by atoms with Gasteiger partial charge in [-0.15, -0.1) is 0 Å². The van der Waals surface area contributed by atoms with Gasteiger partial charge in [0.15, 0.2) is 5.43 Å². The molecular formula is C30H23BrO4. The quantitative estimate of drug-likeness (QED) is 0.255. The van der Waals surface area contributed by atoms with E-state index >= 15 is 0 Å². The molecule has 0 spiro atoms. The molecule has 4 nitrogen and oxygen atoms in total. The Labute approximate surface area is 211 Å². The molecule has 0 bridgehead atoms. The van der Waals surface area contributed by atoms with Crippen LogP contribution in [0, 0.1) is 0 Å². The van der Waals surface area contributed by atoms with Gasteiger partial charge in [-0.3, -0.25) is 4.79 Å². The molecular weight excluding hydrogens is 504 g/mol. The van der Waals surface area contributed by atoms with Gasteiger partial charge in [0, 0.05) is 4.47 Å². The molecule has 0 radical (unpaired) electrons.